The lowest BCUT2D eigenvalue weighted by Crippen LogP contribution is -2.14. The molecule has 17 heavy (non-hydrogen) atoms. The number of fused-ring (bicyclic) bond motifs is 1. The van der Waals surface area contributed by atoms with Crippen LogP contribution in [0, 0.1) is 6.92 Å². The van der Waals surface area contributed by atoms with Crippen molar-refractivity contribution < 1.29 is 0 Å². The fraction of sp³-hybridized carbons (Fsp3) is 0.286. The van der Waals surface area contributed by atoms with Gasteiger partial charge in [0, 0.05) is 23.9 Å². The van der Waals surface area contributed by atoms with Gasteiger partial charge in [0.2, 0.25) is 0 Å². The minimum atomic E-state index is 0.804. The van der Waals surface area contributed by atoms with E-state index in [4.69, 9.17) is 0 Å². The lowest BCUT2D eigenvalue weighted by atomic mass is 10.1. The van der Waals surface area contributed by atoms with Crippen LogP contribution in [0.15, 0.2) is 30.5 Å². The van der Waals surface area contributed by atoms with E-state index in [0.717, 1.165) is 30.2 Å². The van der Waals surface area contributed by atoms with Crippen molar-refractivity contribution in [1.82, 2.24) is 9.97 Å². The van der Waals surface area contributed by atoms with E-state index in [1.165, 1.54) is 17.5 Å². The molecule has 1 N–H and O–H groups in total. The highest BCUT2D eigenvalue weighted by Crippen LogP contribution is 2.22. The summed E-state index contributed by atoms with van der Waals surface area (Å²) in [6.07, 6.45) is 4.19. The number of nitrogens with zero attached hydrogens (tertiary/aromatic N) is 2. The Kier molecular flexibility index (Phi) is 2.52. The second kappa shape index (κ2) is 4.17. The average Bonchev–Trinajstić information content (AvgIpc) is 2.39. The van der Waals surface area contributed by atoms with Crippen molar-refractivity contribution in [2.24, 2.45) is 0 Å². The third kappa shape index (κ3) is 2.00. The predicted molar refractivity (Wildman–Crippen MR) is 69.0 cm³/mol. The standard InChI is InChI=1S/C14H15N3/c1-10-4-6-11(7-5-10)13-16-9-12-3-2-8-15-14(12)17-13/h4-7,9H,2-3,8H2,1H3,(H,15,16,17). The van der Waals surface area contributed by atoms with Crippen LogP contribution in [-0.4, -0.2) is 16.5 Å². The molecule has 0 aliphatic carbocycles. The van der Waals surface area contributed by atoms with E-state index >= 15 is 0 Å². The van der Waals surface area contributed by atoms with Crippen LogP contribution < -0.4 is 5.32 Å². The lowest BCUT2D eigenvalue weighted by Gasteiger charge is -2.16. The van der Waals surface area contributed by atoms with Crippen LogP contribution in [0.4, 0.5) is 5.82 Å². The smallest absolute Gasteiger partial charge is 0.161 e. The summed E-state index contributed by atoms with van der Waals surface area (Å²) in [5.41, 5.74) is 3.56. The summed E-state index contributed by atoms with van der Waals surface area (Å²) < 4.78 is 0. The number of nitrogens with one attached hydrogen (secondary N) is 1. The molecule has 1 aromatic heterocycles. The van der Waals surface area contributed by atoms with Crippen molar-refractivity contribution in [1.29, 1.82) is 0 Å². The van der Waals surface area contributed by atoms with Gasteiger partial charge in [-0.25, -0.2) is 9.97 Å². The maximum absolute atomic E-state index is 4.59. The summed E-state index contributed by atoms with van der Waals surface area (Å²) in [4.78, 5) is 9.03. The molecule has 0 saturated carbocycles. The molecule has 2 aromatic rings. The number of hydrogen-bond acceptors (Lipinski definition) is 3. The molecule has 0 fully saturated rings. The van der Waals surface area contributed by atoms with Crippen molar-refractivity contribution in [3.05, 3.63) is 41.6 Å². The molecule has 0 spiro atoms. The summed E-state index contributed by atoms with van der Waals surface area (Å²) >= 11 is 0. The molecule has 2 heterocycles. The van der Waals surface area contributed by atoms with Crippen LogP contribution in [0.2, 0.25) is 0 Å². The fourth-order valence-corrected chi connectivity index (χ4v) is 2.07. The molecule has 0 atom stereocenters. The topological polar surface area (TPSA) is 37.8 Å². The summed E-state index contributed by atoms with van der Waals surface area (Å²) in [7, 11) is 0. The largest absolute Gasteiger partial charge is 0.370 e. The van der Waals surface area contributed by atoms with Crippen molar-refractivity contribution in [3.63, 3.8) is 0 Å². The first-order chi connectivity index (χ1) is 8.33. The van der Waals surface area contributed by atoms with E-state index in [9.17, 15) is 0 Å². The zero-order valence-electron chi connectivity index (χ0n) is 9.90. The number of hydrogen-bond donors (Lipinski definition) is 1. The minimum absolute atomic E-state index is 0.804. The fourth-order valence-electron chi connectivity index (χ4n) is 2.07. The first kappa shape index (κ1) is 10.3. The molecule has 3 rings (SSSR count). The normalized spacial score (nSPS) is 13.9. The van der Waals surface area contributed by atoms with Crippen molar-refractivity contribution >= 4 is 5.82 Å². The molecular weight excluding hydrogens is 210 g/mol. The Morgan fingerprint density at radius 1 is 1.18 bits per heavy atom. The van der Waals surface area contributed by atoms with E-state index < -0.39 is 0 Å². The van der Waals surface area contributed by atoms with E-state index in [1.807, 2.05) is 6.20 Å². The Morgan fingerprint density at radius 2 is 2.00 bits per heavy atom. The van der Waals surface area contributed by atoms with Crippen molar-refractivity contribution in [3.8, 4) is 11.4 Å². The molecule has 86 valence electrons. The van der Waals surface area contributed by atoms with E-state index in [-0.39, 0.29) is 0 Å². The maximum atomic E-state index is 4.59. The van der Waals surface area contributed by atoms with Gasteiger partial charge in [0.25, 0.3) is 0 Å². The maximum Gasteiger partial charge on any atom is 0.161 e. The van der Waals surface area contributed by atoms with Gasteiger partial charge in [-0.1, -0.05) is 29.8 Å². The molecule has 0 unspecified atom stereocenters. The molecule has 1 aliphatic rings. The molecule has 1 aromatic carbocycles. The second-order valence-electron chi connectivity index (χ2n) is 4.46. The molecule has 0 amide bonds. The number of rotatable bonds is 1. The number of anilines is 1. The third-order valence-electron chi connectivity index (χ3n) is 3.09. The zero-order chi connectivity index (χ0) is 11.7. The Morgan fingerprint density at radius 3 is 2.82 bits per heavy atom. The molecule has 3 nitrogen and oxygen atoms in total. The second-order valence-corrected chi connectivity index (χ2v) is 4.46. The first-order valence-corrected chi connectivity index (χ1v) is 6.00. The highest BCUT2D eigenvalue weighted by molar-refractivity contribution is 5.59. The van der Waals surface area contributed by atoms with E-state index in [1.54, 1.807) is 0 Å². The Labute approximate surface area is 101 Å². The highest BCUT2D eigenvalue weighted by Gasteiger charge is 2.11. The summed E-state index contributed by atoms with van der Waals surface area (Å²) in [5, 5.41) is 3.33. The Hall–Kier alpha value is -1.90. The average molecular weight is 225 g/mol. The van der Waals surface area contributed by atoms with Gasteiger partial charge in [0.15, 0.2) is 5.82 Å². The van der Waals surface area contributed by atoms with Gasteiger partial charge in [0.05, 0.1) is 0 Å². The number of benzene rings is 1. The van der Waals surface area contributed by atoms with E-state index in [2.05, 4.69) is 46.5 Å². The van der Waals surface area contributed by atoms with Crippen molar-refractivity contribution in [2.45, 2.75) is 19.8 Å². The van der Waals surface area contributed by atoms with Gasteiger partial charge in [-0.15, -0.1) is 0 Å². The van der Waals surface area contributed by atoms with Crippen LogP contribution in [0.25, 0.3) is 11.4 Å². The number of aryl methyl sites for hydroxylation is 2. The van der Waals surface area contributed by atoms with Gasteiger partial charge < -0.3 is 5.32 Å². The van der Waals surface area contributed by atoms with Crippen LogP contribution in [0.1, 0.15) is 17.5 Å². The molecule has 1 aliphatic heterocycles. The predicted octanol–water partition coefficient (Wildman–Crippen LogP) is 2.81. The minimum Gasteiger partial charge on any atom is -0.370 e. The monoisotopic (exact) mass is 225 g/mol. The summed E-state index contributed by atoms with van der Waals surface area (Å²) in [6, 6.07) is 8.32. The molecule has 0 saturated heterocycles. The van der Waals surface area contributed by atoms with E-state index in [0.29, 0.717) is 0 Å². The highest BCUT2D eigenvalue weighted by atomic mass is 15.0. The third-order valence-corrected chi connectivity index (χ3v) is 3.09. The van der Waals surface area contributed by atoms with Gasteiger partial charge >= 0.3 is 0 Å². The molecule has 3 heteroatoms. The van der Waals surface area contributed by atoms with Crippen LogP contribution >= 0.6 is 0 Å². The molecule has 0 bridgehead atoms. The molecule has 0 radical (unpaired) electrons. The lowest BCUT2D eigenvalue weighted by molar-refractivity contribution is 0.810. The van der Waals surface area contributed by atoms with Gasteiger partial charge in [-0.2, -0.15) is 0 Å². The summed E-state index contributed by atoms with van der Waals surface area (Å²) in [6.45, 7) is 3.09. The van der Waals surface area contributed by atoms with Crippen LogP contribution in [0.3, 0.4) is 0 Å². The first-order valence-electron chi connectivity index (χ1n) is 6.00. The van der Waals surface area contributed by atoms with Crippen LogP contribution in [0.5, 0.6) is 0 Å². The van der Waals surface area contributed by atoms with Gasteiger partial charge in [0.1, 0.15) is 5.82 Å². The SMILES string of the molecule is Cc1ccc(-c2ncc3c(n2)NCCC3)cc1. The van der Waals surface area contributed by atoms with Crippen molar-refractivity contribution in [2.75, 3.05) is 11.9 Å². The van der Waals surface area contributed by atoms with Crippen LogP contribution in [-0.2, 0) is 6.42 Å². The van der Waals surface area contributed by atoms with Gasteiger partial charge in [-0.3, -0.25) is 0 Å². The summed E-state index contributed by atoms with van der Waals surface area (Å²) in [5.74, 6) is 1.81. The quantitative estimate of drug-likeness (QED) is 0.811. The van der Waals surface area contributed by atoms with Gasteiger partial charge in [-0.05, 0) is 19.8 Å². The Balaban J connectivity index is 2.01. The molecular formula is C14H15N3. The zero-order valence-corrected chi connectivity index (χ0v) is 9.90. The Bertz CT molecular complexity index is 532. The number of aromatic nitrogens is 2.